The van der Waals surface area contributed by atoms with Gasteiger partial charge in [0.05, 0.1) is 0 Å². The molecule has 6 nitrogen and oxygen atoms in total. The van der Waals surface area contributed by atoms with Crippen LogP contribution in [0.2, 0.25) is 0 Å². The quantitative estimate of drug-likeness (QED) is 0.771. The third kappa shape index (κ3) is 3.65. The number of fused-ring (bicyclic) bond motifs is 2. The van der Waals surface area contributed by atoms with Gasteiger partial charge in [-0.3, -0.25) is 4.79 Å². The van der Waals surface area contributed by atoms with Crippen molar-refractivity contribution < 1.29 is 14.3 Å². The second-order valence-corrected chi connectivity index (χ2v) is 7.85. The smallest absolute Gasteiger partial charge is 0.410 e. The molecule has 3 heterocycles. The average Bonchev–Trinajstić information content (AvgIpc) is 2.83. The number of nitrogens with zero attached hydrogens (tertiary/aromatic N) is 3. The van der Waals surface area contributed by atoms with Crippen molar-refractivity contribution in [3.63, 3.8) is 0 Å². The van der Waals surface area contributed by atoms with Crippen molar-refractivity contribution in [2.75, 3.05) is 0 Å². The van der Waals surface area contributed by atoms with Crippen LogP contribution in [0.3, 0.4) is 0 Å². The van der Waals surface area contributed by atoms with Crippen LogP contribution < -0.4 is 0 Å². The molecule has 2 aliphatic rings. The van der Waals surface area contributed by atoms with E-state index in [1.54, 1.807) is 12.1 Å². The molecule has 3 rings (SSSR count). The van der Waals surface area contributed by atoms with E-state index >= 15 is 0 Å². The summed E-state index contributed by atoms with van der Waals surface area (Å²) < 4.78 is 5.53. The lowest BCUT2D eigenvalue weighted by Gasteiger charge is -2.39. The minimum atomic E-state index is -0.520. The Bertz CT molecular complexity index is 718. The Hall–Kier alpha value is -2.42. The molecular weight excluding hydrogens is 318 g/mol. The van der Waals surface area contributed by atoms with Crippen LogP contribution in [0.15, 0.2) is 18.3 Å². The first kappa shape index (κ1) is 17.4. The van der Waals surface area contributed by atoms with E-state index in [0.717, 1.165) is 12.8 Å². The van der Waals surface area contributed by atoms with Crippen LogP contribution >= 0.6 is 0 Å². The number of rotatable bonds is 2. The van der Waals surface area contributed by atoms with Crippen molar-refractivity contribution in [1.29, 1.82) is 5.26 Å². The van der Waals surface area contributed by atoms with Gasteiger partial charge < -0.3 is 9.64 Å². The number of aromatic nitrogens is 1. The molecular formula is C19H23N3O3. The molecule has 1 aromatic rings. The van der Waals surface area contributed by atoms with Crippen LogP contribution in [0.5, 0.6) is 0 Å². The van der Waals surface area contributed by atoms with E-state index in [1.807, 2.05) is 31.7 Å². The van der Waals surface area contributed by atoms with Crippen molar-refractivity contribution in [3.8, 4) is 6.07 Å². The van der Waals surface area contributed by atoms with Crippen molar-refractivity contribution in [3.05, 3.63) is 29.6 Å². The van der Waals surface area contributed by atoms with Crippen LogP contribution in [0.1, 0.15) is 62.5 Å². The molecule has 0 aromatic carbocycles. The lowest BCUT2D eigenvalue weighted by Crippen LogP contribution is -2.49. The van der Waals surface area contributed by atoms with Crippen LogP contribution in [-0.4, -0.2) is 39.4 Å². The lowest BCUT2D eigenvalue weighted by atomic mass is 9.85. The zero-order valence-electron chi connectivity index (χ0n) is 14.9. The fourth-order valence-electron chi connectivity index (χ4n) is 3.88. The van der Waals surface area contributed by atoms with Gasteiger partial charge in [0.1, 0.15) is 17.4 Å². The van der Waals surface area contributed by atoms with Gasteiger partial charge in [0.25, 0.3) is 0 Å². The first-order chi connectivity index (χ1) is 11.8. The van der Waals surface area contributed by atoms with Crippen LogP contribution in [0.25, 0.3) is 0 Å². The van der Waals surface area contributed by atoms with Crippen molar-refractivity contribution >= 4 is 11.9 Å². The number of piperidine rings is 1. The maximum atomic E-state index is 12.8. The molecule has 2 saturated heterocycles. The third-order valence-electron chi connectivity index (χ3n) is 4.87. The van der Waals surface area contributed by atoms with Gasteiger partial charge in [-0.25, -0.2) is 9.78 Å². The molecule has 2 unspecified atom stereocenters. The molecule has 2 aliphatic heterocycles. The molecule has 0 radical (unpaired) electrons. The van der Waals surface area contributed by atoms with E-state index in [-0.39, 0.29) is 35.6 Å². The largest absolute Gasteiger partial charge is 0.444 e. The highest BCUT2D eigenvalue weighted by molar-refractivity contribution is 5.98. The number of carbonyl (C=O) groups is 2. The molecule has 2 fully saturated rings. The van der Waals surface area contributed by atoms with Crippen LogP contribution in [0.4, 0.5) is 4.79 Å². The van der Waals surface area contributed by atoms with Gasteiger partial charge in [0.2, 0.25) is 0 Å². The van der Waals surface area contributed by atoms with Gasteiger partial charge in [0, 0.05) is 29.8 Å². The number of hydrogen-bond acceptors (Lipinski definition) is 5. The lowest BCUT2D eigenvalue weighted by molar-refractivity contribution is 0.00254. The zero-order valence-corrected chi connectivity index (χ0v) is 14.9. The second-order valence-electron chi connectivity index (χ2n) is 7.85. The standard InChI is InChI=1S/C19H23N3O3/c1-19(2,3)25-18(24)22-15-4-5-16(22)10-13(9-15)17(23)12-6-7-21-14(8-12)11-20/h6-8,13,15-16H,4-5,9-10H2,1-3H3. The summed E-state index contributed by atoms with van der Waals surface area (Å²) >= 11 is 0. The van der Waals surface area contributed by atoms with Crippen molar-refractivity contribution in [2.45, 2.75) is 64.1 Å². The molecule has 25 heavy (non-hydrogen) atoms. The second kappa shape index (κ2) is 6.47. The molecule has 2 atom stereocenters. The summed E-state index contributed by atoms with van der Waals surface area (Å²) in [6.07, 6.45) is 4.34. The van der Waals surface area contributed by atoms with Crippen molar-refractivity contribution in [2.24, 2.45) is 5.92 Å². The SMILES string of the molecule is CC(C)(C)OC(=O)N1C2CCC1CC(C(=O)c1ccnc(C#N)c1)C2. The zero-order chi connectivity index (χ0) is 18.2. The minimum absolute atomic E-state index is 0.0413. The van der Waals surface area contributed by atoms with Gasteiger partial charge >= 0.3 is 6.09 Å². The first-order valence-electron chi connectivity index (χ1n) is 8.70. The Morgan fingerprint density at radius 2 is 1.92 bits per heavy atom. The minimum Gasteiger partial charge on any atom is -0.444 e. The highest BCUT2D eigenvalue weighted by Gasteiger charge is 2.46. The number of amides is 1. The van der Waals surface area contributed by atoms with Gasteiger partial charge in [-0.05, 0) is 58.6 Å². The fourth-order valence-corrected chi connectivity index (χ4v) is 3.88. The summed E-state index contributed by atoms with van der Waals surface area (Å²) in [5.41, 5.74) is 0.259. The van der Waals surface area contributed by atoms with Gasteiger partial charge in [-0.1, -0.05) is 0 Å². The Balaban J connectivity index is 1.72. The maximum Gasteiger partial charge on any atom is 0.410 e. The molecule has 1 amide bonds. The van der Waals surface area contributed by atoms with Crippen LogP contribution in [-0.2, 0) is 4.74 Å². The number of ketones is 1. The highest BCUT2D eigenvalue weighted by Crippen LogP contribution is 2.40. The molecule has 0 spiro atoms. The molecule has 2 bridgehead atoms. The van der Waals surface area contributed by atoms with E-state index in [4.69, 9.17) is 10.00 Å². The van der Waals surface area contributed by atoms with Gasteiger partial charge in [-0.15, -0.1) is 0 Å². The maximum absolute atomic E-state index is 12.8. The molecule has 1 aromatic heterocycles. The number of carbonyl (C=O) groups excluding carboxylic acids is 2. The van der Waals surface area contributed by atoms with E-state index < -0.39 is 5.60 Å². The molecule has 6 heteroatoms. The Labute approximate surface area is 147 Å². The van der Waals surface area contributed by atoms with E-state index in [0.29, 0.717) is 18.4 Å². The third-order valence-corrected chi connectivity index (χ3v) is 4.87. The van der Waals surface area contributed by atoms with Crippen LogP contribution in [0, 0.1) is 17.2 Å². The molecule has 0 N–H and O–H groups in total. The van der Waals surface area contributed by atoms with E-state index in [2.05, 4.69) is 4.98 Å². The molecule has 132 valence electrons. The van der Waals surface area contributed by atoms with E-state index in [9.17, 15) is 9.59 Å². The van der Waals surface area contributed by atoms with Gasteiger partial charge in [-0.2, -0.15) is 5.26 Å². The molecule has 0 aliphatic carbocycles. The topological polar surface area (TPSA) is 83.3 Å². The Kier molecular flexibility index (Phi) is 4.51. The van der Waals surface area contributed by atoms with Crippen molar-refractivity contribution in [1.82, 2.24) is 9.88 Å². The number of nitriles is 1. The predicted octanol–water partition coefficient (Wildman–Crippen LogP) is 3.31. The average molecular weight is 341 g/mol. The number of hydrogen-bond donors (Lipinski definition) is 0. The number of pyridine rings is 1. The summed E-state index contributed by atoms with van der Waals surface area (Å²) in [5, 5.41) is 8.96. The fraction of sp³-hybridized carbons (Fsp3) is 0.579. The summed E-state index contributed by atoms with van der Waals surface area (Å²) in [5.74, 6) is -0.0789. The first-order valence-corrected chi connectivity index (χ1v) is 8.70. The normalized spacial score (nSPS) is 25.4. The summed E-state index contributed by atoms with van der Waals surface area (Å²) in [4.78, 5) is 31.0. The highest BCUT2D eigenvalue weighted by atomic mass is 16.6. The number of Topliss-reactive ketones (excluding diaryl/α,β-unsaturated/α-hetero) is 1. The number of ether oxygens (including phenoxy) is 1. The predicted molar refractivity (Wildman–Crippen MR) is 90.9 cm³/mol. The summed E-state index contributed by atoms with van der Waals surface area (Å²) in [6, 6.07) is 5.28. The Morgan fingerprint density at radius 3 is 2.48 bits per heavy atom. The van der Waals surface area contributed by atoms with Gasteiger partial charge in [0.15, 0.2) is 5.78 Å². The summed E-state index contributed by atoms with van der Waals surface area (Å²) in [7, 11) is 0. The van der Waals surface area contributed by atoms with E-state index in [1.165, 1.54) is 6.20 Å². The monoisotopic (exact) mass is 341 g/mol. The summed E-state index contributed by atoms with van der Waals surface area (Å²) in [6.45, 7) is 5.58. The Morgan fingerprint density at radius 1 is 1.28 bits per heavy atom. The molecule has 0 saturated carbocycles.